The molecule has 1 fully saturated rings. The van der Waals surface area contributed by atoms with E-state index in [0.717, 1.165) is 44.3 Å². The minimum absolute atomic E-state index is 0.0910. The normalized spacial score (nSPS) is 17.2. The molecule has 1 aromatic carbocycles. The number of anilines is 1. The zero-order valence-corrected chi connectivity index (χ0v) is 15.1. The van der Waals surface area contributed by atoms with Crippen LogP contribution in [0.5, 0.6) is 0 Å². The summed E-state index contributed by atoms with van der Waals surface area (Å²) in [7, 11) is 1.89. The molecule has 4 nitrogen and oxygen atoms in total. The summed E-state index contributed by atoms with van der Waals surface area (Å²) in [6.45, 7) is 1.49. The summed E-state index contributed by atoms with van der Waals surface area (Å²) >= 11 is 0. The molecule has 1 aromatic heterocycles. The van der Waals surface area contributed by atoms with E-state index in [9.17, 15) is 9.18 Å². The first kappa shape index (κ1) is 17.0. The molecule has 4 rings (SSSR count). The Balaban J connectivity index is 1.41. The largest absolute Gasteiger partial charge is 0.369 e. The highest BCUT2D eigenvalue weighted by Gasteiger charge is 2.27. The van der Waals surface area contributed by atoms with Crippen LogP contribution in [-0.4, -0.2) is 42.0 Å². The molecule has 0 radical (unpaired) electrons. The molecular weight excluding hydrogens is 329 g/mol. The van der Waals surface area contributed by atoms with Gasteiger partial charge in [-0.2, -0.15) is 0 Å². The van der Waals surface area contributed by atoms with Crippen molar-refractivity contribution < 1.29 is 9.18 Å². The molecule has 5 heteroatoms. The van der Waals surface area contributed by atoms with Crippen LogP contribution >= 0.6 is 0 Å². The van der Waals surface area contributed by atoms with E-state index in [2.05, 4.69) is 17.1 Å². The highest BCUT2D eigenvalue weighted by atomic mass is 19.1. The van der Waals surface area contributed by atoms with Crippen LogP contribution < -0.4 is 4.90 Å². The molecule has 2 aromatic rings. The first-order valence-electron chi connectivity index (χ1n) is 9.37. The minimum Gasteiger partial charge on any atom is -0.369 e. The Morgan fingerprint density at radius 2 is 1.96 bits per heavy atom. The number of aryl methyl sites for hydroxylation is 2. The number of pyridine rings is 1. The fourth-order valence-electron chi connectivity index (χ4n) is 4.19. The van der Waals surface area contributed by atoms with Crippen LogP contribution in [0, 0.1) is 5.82 Å². The van der Waals surface area contributed by atoms with Gasteiger partial charge in [-0.25, -0.2) is 4.39 Å². The number of hydrogen-bond donors (Lipinski definition) is 0. The lowest BCUT2D eigenvalue weighted by molar-refractivity contribution is 0.0709. The molecule has 1 amide bonds. The third-order valence-electron chi connectivity index (χ3n) is 5.77. The minimum atomic E-state index is -0.284. The fraction of sp³-hybridized carbons (Fsp3) is 0.429. The molecule has 2 aliphatic rings. The fourth-order valence-corrected chi connectivity index (χ4v) is 4.19. The van der Waals surface area contributed by atoms with E-state index in [4.69, 9.17) is 0 Å². The van der Waals surface area contributed by atoms with Crippen molar-refractivity contribution >= 4 is 11.6 Å². The Morgan fingerprint density at radius 1 is 1.19 bits per heavy atom. The van der Waals surface area contributed by atoms with Crippen molar-refractivity contribution in [1.82, 2.24) is 9.88 Å². The van der Waals surface area contributed by atoms with Crippen LogP contribution in [0.3, 0.4) is 0 Å². The van der Waals surface area contributed by atoms with Gasteiger partial charge in [-0.05, 0) is 61.4 Å². The SMILES string of the molecule is CN(C(=O)c1ccc2c(c1)CCC2)C1CCN(c2ccncc2F)CC1. The molecule has 2 heterocycles. The molecule has 0 unspecified atom stereocenters. The van der Waals surface area contributed by atoms with Gasteiger partial charge >= 0.3 is 0 Å². The number of carbonyl (C=O) groups is 1. The van der Waals surface area contributed by atoms with Gasteiger partial charge in [0.25, 0.3) is 5.91 Å². The van der Waals surface area contributed by atoms with E-state index >= 15 is 0 Å². The van der Waals surface area contributed by atoms with Gasteiger partial charge in [0.1, 0.15) is 0 Å². The molecule has 0 saturated carbocycles. The van der Waals surface area contributed by atoms with Crippen molar-refractivity contribution in [3.05, 3.63) is 59.2 Å². The topological polar surface area (TPSA) is 36.4 Å². The van der Waals surface area contributed by atoms with Crippen LogP contribution in [0.25, 0.3) is 0 Å². The van der Waals surface area contributed by atoms with Crippen LogP contribution in [0.4, 0.5) is 10.1 Å². The van der Waals surface area contributed by atoms with Gasteiger partial charge in [0.05, 0.1) is 11.9 Å². The van der Waals surface area contributed by atoms with E-state index < -0.39 is 0 Å². The van der Waals surface area contributed by atoms with Crippen molar-refractivity contribution in [3.8, 4) is 0 Å². The van der Waals surface area contributed by atoms with E-state index in [1.807, 2.05) is 22.9 Å². The molecular formula is C21H24FN3O. The third-order valence-corrected chi connectivity index (χ3v) is 5.77. The van der Waals surface area contributed by atoms with Gasteiger partial charge < -0.3 is 9.80 Å². The summed E-state index contributed by atoms with van der Waals surface area (Å²) in [6.07, 6.45) is 7.95. The van der Waals surface area contributed by atoms with Crippen molar-refractivity contribution in [3.63, 3.8) is 0 Å². The number of fused-ring (bicyclic) bond motifs is 1. The maximum atomic E-state index is 13.9. The molecule has 0 bridgehead atoms. The van der Waals surface area contributed by atoms with Crippen LogP contribution in [0.2, 0.25) is 0 Å². The number of piperidine rings is 1. The Kier molecular flexibility index (Phi) is 4.62. The monoisotopic (exact) mass is 353 g/mol. The summed E-state index contributed by atoms with van der Waals surface area (Å²) < 4.78 is 13.9. The van der Waals surface area contributed by atoms with Gasteiger partial charge in [0, 0.05) is 37.9 Å². The lowest BCUT2D eigenvalue weighted by Crippen LogP contribution is -2.45. The third kappa shape index (κ3) is 3.18. The Morgan fingerprint density at radius 3 is 2.73 bits per heavy atom. The lowest BCUT2D eigenvalue weighted by Gasteiger charge is -2.38. The Hall–Kier alpha value is -2.43. The quantitative estimate of drug-likeness (QED) is 0.848. The van der Waals surface area contributed by atoms with Crippen molar-refractivity contribution in [1.29, 1.82) is 0 Å². The molecule has 1 aliphatic heterocycles. The first-order chi connectivity index (χ1) is 12.6. The smallest absolute Gasteiger partial charge is 0.253 e. The highest BCUT2D eigenvalue weighted by molar-refractivity contribution is 5.94. The number of hydrogen-bond acceptors (Lipinski definition) is 3. The number of nitrogens with zero attached hydrogens (tertiary/aromatic N) is 3. The van der Waals surface area contributed by atoms with E-state index in [1.165, 1.54) is 23.7 Å². The van der Waals surface area contributed by atoms with Gasteiger partial charge in [0.2, 0.25) is 0 Å². The first-order valence-corrected chi connectivity index (χ1v) is 9.37. The number of halogens is 1. The zero-order chi connectivity index (χ0) is 18.1. The second-order valence-corrected chi connectivity index (χ2v) is 7.30. The summed E-state index contributed by atoms with van der Waals surface area (Å²) in [5.74, 6) is -0.193. The Bertz CT molecular complexity index is 815. The summed E-state index contributed by atoms with van der Waals surface area (Å²) in [5.41, 5.74) is 4.10. The maximum absolute atomic E-state index is 13.9. The molecule has 0 atom stereocenters. The average Bonchev–Trinajstić information content (AvgIpc) is 3.15. The molecule has 0 spiro atoms. The van der Waals surface area contributed by atoms with E-state index in [-0.39, 0.29) is 17.8 Å². The lowest BCUT2D eigenvalue weighted by atomic mass is 10.0. The Labute approximate surface area is 153 Å². The number of amides is 1. The van der Waals surface area contributed by atoms with Crippen LogP contribution in [0.1, 0.15) is 40.7 Å². The predicted octanol–water partition coefficient (Wildman–Crippen LogP) is 3.45. The van der Waals surface area contributed by atoms with E-state index in [1.54, 1.807) is 12.3 Å². The van der Waals surface area contributed by atoms with Crippen LogP contribution in [0.15, 0.2) is 36.7 Å². The molecule has 1 saturated heterocycles. The number of rotatable bonds is 3. The number of benzene rings is 1. The molecule has 136 valence electrons. The van der Waals surface area contributed by atoms with Crippen molar-refractivity contribution in [2.75, 3.05) is 25.0 Å². The summed E-state index contributed by atoms with van der Waals surface area (Å²) in [6, 6.07) is 8.05. The van der Waals surface area contributed by atoms with Crippen molar-refractivity contribution in [2.45, 2.75) is 38.1 Å². The molecule has 1 aliphatic carbocycles. The number of carbonyl (C=O) groups excluding carboxylic acids is 1. The summed E-state index contributed by atoms with van der Waals surface area (Å²) in [4.78, 5) is 20.6. The predicted molar refractivity (Wildman–Crippen MR) is 100.0 cm³/mol. The molecule has 26 heavy (non-hydrogen) atoms. The number of aromatic nitrogens is 1. The van der Waals surface area contributed by atoms with Gasteiger partial charge in [-0.3, -0.25) is 9.78 Å². The van der Waals surface area contributed by atoms with E-state index in [0.29, 0.717) is 5.69 Å². The van der Waals surface area contributed by atoms with Crippen LogP contribution in [-0.2, 0) is 12.8 Å². The second kappa shape index (κ2) is 7.06. The standard InChI is InChI=1S/C21H24FN3O/c1-24(21(26)17-6-5-15-3-2-4-16(15)13-17)18-8-11-25(12-9-18)20-7-10-23-14-19(20)22/h5-7,10,13-14,18H,2-4,8-9,11-12H2,1H3. The molecule has 0 N–H and O–H groups in total. The zero-order valence-electron chi connectivity index (χ0n) is 15.1. The van der Waals surface area contributed by atoms with Gasteiger partial charge in [0.15, 0.2) is 5.82 Å². The van der Waals surface area contributed by atoms with Gasteiger partial charge in [-0.1, -0.05) is 6.07 Å². The van der Waals surface area contributed by atoms with Crippen molar-refractivity contribution in [2.24, 2.45) is 0 Å². The second-order valence-electron chi connectivity index (χ2n) is 7.30. The van der Waals surface area contributed by atoms with Gasteiger partial charge in [-0.15, -0.1) is 0 Å². The highest BCUT2D eigenvalue weighted by Crippen LogP contribution is 2.26. The maximum Gasteiger partial charge on any atom is 0.253 e. The average molecular weight is 353 g/mol. The summed E-state index contributed by atoms with van der Waals surface area (Å²) in [5, 5.41) is 0.